The van der Waals surface area contributed by atoms with E-state index in [1.807, 2.05) is 17.0 Å². The van der Waals surface area contributed by atoms with E-state index in [2.05, 4.69) is 22.1 Å². The third-order valence-electron chi connectivity index (χ3n) is 6.77. The van der Waals surface area contributed by atoms with Gasteiger partial charge in [0.15, 0.2) is 0 Å². The predicted octanol–water partition coefficient (Wildman–Crippen LogP) is 4.40. The van der Waals surface area contributed by atoms with E-state index in [-0.39, 0.29) is 5.91 Å². The van der Waals surface area contributed by atoms with Crippen molar-refractivity contribution in [2.75, 3.05) is 37.6 Å². The van der Waals surface area contributed by atoms with Crippen LogP contribution in [-0.4, -0.2) is 54.4 Å². The lowest BCUT2D eigenvalue weighted by molar-refractivity contribution is -0.131. The number of hydrogen-bond donors (Lipinski definition) is 1. The number of piperazine rings is 1. The van der Waals surface area contributed by atoms with Gasteiger partial charge in [0, 0.05) is 45.3 Å². The van der Waals surface area contributed by atoms with Crippen molar-refractivity contribution in [2.24, 2.45) is 5.92 Å². The topological polar surface area (TPSA) is 65.5 Å². The lowest BCUT2D eigenvalue weighted by Gasteiger charge is -2.35. The number of aromatic nitrogens is 1. The highest BCUT2D eigenvalue weighted by molar-refractivity contribution is 5.94. The molecule has 1 N–H and O–H groups in total. The van der Waals surface area contributed by atoms with Crippen molar-refractivity contribution < 1.29 is 9.59 Å². The molecule has 0 aromatic carbocycles. The van der Waals surface area contributed by atoms with E-state index in [1.54, 1.807) is 6.20 Å². The maximum atomic E-state index is 12.6. The first kappa shape index (κ1) is 23.6. The maximum Gasteiger partial charge on any atom is 0.252 e. The van der Waals surface area contributed by atoms with Crippen molar-refractivity contribution in [1.82, 2.24) is 15.2 Å². The molecule has 2 fully saturated rings. The molecule has 172 valence electrons. The van der Waals surface area contributed by atoms with E-state index < -0.39 is 0 Å². The number of nitrogens with zero attached hydrogens (tertiary/aromatic N) is 3. The smallest absolute Gasteiger partial charge is 0.252 e. The van der Waals surface area contributed by atoms with Crippen LogP contribution in [0.1, 0.15) is 87.9 Å². The minimum Gasteiger partial charge on any atom is -0.353 e. The number of anilines is 1. The molecule has 1 saturated carbocycles. The summed E-state index contributed by atoms with van der Waals surface area (Å²) in [6, 6.07) is 3.78. The molecule has 6 nitrogen and oxygen atoms in total. The lowest BCUT2D eigenvalue weighted by atomic mass is 9.86. The van der Waals surface area contributed by atoms with Crippen LogP contribution in [0.15, 0.2) is 18.3 Å². The van der Waals surface area contributed by atoms with Gasteiger partial charge in [0.2, 0.25) is 5.91 Å². The summed E-state index contributed by atoms with van der Waals surface area (Å²) in [4.78, 5) is 33.6. The highest BCUT2D eigenvalue weighted by Gasteiger charge is 2.23. The number of amides is 2. The van der Waals surface area contributed by atoms with Gasteiger partial charge in [-0.3, -0.25) is 9.59 Å². The summed E-state index contributed by atoms with van der Waals surface area (Å²) in [5.41, 5.74) is 0.607. The van der Waals surface area contributed by atoms with Gasteiger partial charge >= 0.3 is 0 Å². The van der Waals surface area contributed by atoms with Crippen LogP contribution in [0.2, 0.25) is 0 Å². The zero-order chi connectivity index (χ0) is 21.9. The number of nitrogens with one attached hydrogen (secondary N) is 1. The fourth-order valence-corrected chi connectivity index (χ4v) is 4.71. The summed E-state index contributed by atoms with van der Waals surface area (Å²) in [5.74, 6) is 1.90. The molecule has 31 heavy (non-hydrogen) atoms. The number of carbonyl (C=O) groups excluding carboxylic acids is 2. The number of hydrogen-bond acceptors (Lipinski definition) is 4. The first-order chi connectivity index (χ1) is 15.2. The van der Waals surface area contributed by atoms with E-state index in [0.29, 0.717) is 17.9 Å². The summed E-state index contributed by atoms with van der Waals surface area (Å²) in [6.45, 7) is 6.01. The lowest BCUT2D eigenvalue weighted by Crippen LogP contribution is -2.49. The molecule has 2 aliphatic rings. The number of carbonyl (C=O) groups is 2. The van der Waals surface area contributed by atoms with Gasteiger partial charge < -0.3 is 15.1 Å². The Labute approximate surface area is 187 Å². The van der Waals surface area contributed by atoms with Crippen LogP contribution >= 0.6 is 0 Å². The standard InChI is InChI=1S/C25H40N4O2/c1-2-3-4-8-15-26-25(31)22-12-13-23(27-20-22)28-16-18-29(19-17-28)24(30)14-11-21-9-6-5-7-10-21/h12-13,20-21H,2-11,14-19H2,1H3,(H,26,31). The van der Waals surface area contributed by atoms with Crippen LogP contribution in [0, 0.1) is 5.92 Å². The monoisotopic (exact) mass is 428 g/mol. The van der Waals surface area contributed by atoms with Crippen molar-refractivity contribution in [1.29, 1.82) is 0 Å². The molecule has 0 atom stereocenters. The number of rotatable bonds is 10. The average molecular weight is 429 g/mol. The van der Waals surface area contributed by atoms with E-state index in [4.69, 9.17) is 0 Å². The minimum absolute atomic E-state index is 0.0519. The van der Waals surface area contributed by atoms with Crippen LogP contribution in [0.5, 0.6) is 0 Å². The Hall–Kier alpha value is -2.11. The van der Waals surface area contributed by atoms with Crippen molar-refractivity contribution in [3.05, 3.63) is 23.9 Å². The Kier molecular flexibility index (Phi) is 9.63. The van der Waals surface area contributed by atoms with Crippen molar-refractivity contribution in [3.63, 3.8) is 0 Å². The highest BCUT2D eigenvalue weighted by atomic mass is 16.2. The molecule has 2 heterocycles. The minimum atomic E-state index is -0.0519. The molecule has 1 aliphatic carbocycles. The van der Waals surface area contributed by atoms with Crippen LogP contribution < -0.4 is 10.2 Å². The summed E-state index contributed by atoms with van der Waals surface area (Å²) >= 11 is 0. The molecule has 0 spiro atoms. The number of unbranched alkanes of at least 4 members (excludes halogenated alkanes) is 3. The van der Waals surface area contributed by atoms with E-state index in [0.717, 1.165) is 63.7 Å². The zero-order valence-corrected chi connectivity index (χ0v) is 19.3. The molecular formula is C25H40N4O2. The Morgan fingerprint density at radius 2 is 1.81 bits per heavy atom. The molecule has 0 bridgehead atoms. The summed E-state index contributed by atoms with van der Waals surface area (Å²) in [5, 5.41) is 2.97. The summed E-state index contributed by atoms with van der Waals surface area (Å²) in [6.07, 6.45) is 14.7. The van der Waals surface area contributed by atoms with Crippen LogP contribution in [-0.2, 0) is 4.79 Å². The second-order valence-electron chi connectivity index (χ2n) is 9.13. The zero-order valence-electron chi connectivity index (χ0n) is 19.3. The van der Waals surface area contributed by atoms with Crippen molar-refractivity contribution in [2.45, 2.75) is 77.6 Å². The number of pyridine rings is 1. The Balaban J connectivity index is 1.38. The summed E-state index contributed by atoms with van der Waals surface area (Å²) in [7, 11) is 0. The maximum absolute atomic E-state index is 12.6. The fraction of sp³-hybridized carbons (Fsp3) is 0.720. The highest BCUT2D eigenvalue weighted by Crippen LogP contribution is 2.27. The SMILES string of the molecule is CCCCCCNC(=O)c1ccc(N2CCN(C(=O)CCC3CCCCC3)CC2)nc1. The van der Waals surface area contributed by atoms with Gasteiger partial charge in [0.1, 0.15) is 5.82 Å². The molecule has 0 radical (unpaired) electrons. The molecular weight excluding hydrogens is 388 g/mol. The van der Waals surface area contributed by atoms with E-state index >= 15 is 0 Å². The van der Waals surface area contributed by atoms with Gasteiger partial charge in [0.25, 0.3) is 5.91 Å². The largest absolute Gasteiger partial charge is 0.353 e. The van der Waals surface area contributed by atoms with Crippen molar-refractivity contribution in [3.8, 4) is 0 Å². The van der Waals surface area contributed by atoms with Crippen LogP contribution in [0.25, 0.3) is 0 Å². The van der Waals surface area contributed by atoms with E-state index in [9.17, 15) is 9.59 Å². The third-order valence-corrected chi connectivity index (χ3v) is 6.77. The van der Waals surface area contributed by atoms with Crippen LogP contribution in [0.4, 0.5) is 5.82 Å². The molecule has 1 aliphatic heterocycles. The summed E-state index contributed by atoms with van der Waals surface area (Å²) < 4.78 is 0. The van der Waals surface area contributed by atoms with Gasteiger partial charge in [-0.15, -0.1) is 0 Å². The molecule has 2 amide bonds. The molecule has 0 unspecified atom stereocenters. The molecule has 1 saturated heterocycles. The van der Waals surface area contributed by atoms with Crippen LogP contribution in [0.3, 0.4) is 0 Å². The fourth-order valence-electron chi connectivity index (χ4n) is 4.71. The van der Waals surface area contributed by atoms with Gasteiger partial charge in [-0.1, -0.05) is 58.3 Å². The second-order valence-corrected chi connectivity index (χ2v) is 9.13. The van der Waals surface area contributed by atoms with Gasteiger partial charge in [-0.2, -0.15) is 0 Å². The second kappa shape index (κ2) is 12.7. The molecule has 1 aromatic rings. The molecule has 1 aromatic heterocycles. The predicted molar refractivity (Wildman–Crippen MR) is 125 cm³/mol. The van der Waals surface area contributed by atoms with Gasteiger partial charge in [-0.25, -0.2) is 4.98 Å². The molecule has 6 heteroatoms. The van der Waals surface area contributed by atoms with Crippen molar-refractivity contribution >= 4 is 17.6 Å². The Morgan fingerprint density at radius 1 is 1.03 bits per heavy atom. The third kappa shape index (κ3) is 7.51. The van der Waals surface area contributed by atoms with Gasteiger partial charge in [0.05, 0.1) is 5.56 Å². The first-order valence-corrected chi connectivity index (χ1v) is 12.4. The van der Waals surface area contributed by atoms with Gasteiger partial charge in [-0.05, 0) is 30.9 Å². The molecule has 3 rings (SSSR count). The quantitative estimate of drug-likeness (QED) is 0.561. The Bertz CT molecular complexity index is 677. The average Bonchev–Trinajstić information content (AvgIpc) is 2.83. The first-order valence-electron chi connectivity index (χ1n) is 12.4. The van der Waals surface area contributed by atoms with E-state index in [1.165, 1.54) is 44.9 Å². The normalized spacial score (nSPS) is 17.6. The Morgan fingerprint density at radius 3 is 2.48 bits per heavy atom.